The van der Waals surface area contributed by atoms with Gasteiger partial charge < -0.3 is 10.1 Å². The smallest absolute Gasteiger partial charge is 0.264 e. The highest BCUT2D eigenvalue weighted by molar-refractivity contribution is 7.92. The van der Waals surface area contributed by atoms with Crippen molar-refractivity contribution in [1.82, 2.24) is 5.32 Å². The largest absolute Gasteiger partial charge is 0.476 e. The van der Waals surface area contributed by atoms with Gasteiger partial charge in [-0.2, -0.15) is 0 Å². The van der Waals surface area contributed by atoms with E-state index >= 15 is 0 Å². The lowest BCUT2D eigenvalue weighted by Crippen LogP contribution is -2.51. The highest BCUT2D eigenvalue weighted by Gasteiger charge is 2.37. The van der Waals surface area contributed by atoms with Crippen LogP contribution in [0.15, 0.2) is 77.7 Å². The number of anilines is 1. The second-order valence-corrected chi connectivity index (χ2v) is 9.93. The number of ether oxygens (including phenoxy) is 1. The monoisotopic (exact) mass is 450 g/mol. The molecule has 1 heterocycles. The molecule has 3 aromatic rings. The molecule has 3 aromatic carbocycles. The van der Waals surface area contributed by atoms with E-state index in [0.717, 1.165) is 16.7 Å². The lowest BCUT2D eigenvalue weighted by molar-refractivity contribution is -0.128. The number of hydrogen-bond donors (Lipinski definition) is 1. The third kappa shape index (κ3) is 4.34. The lowest BCUT2D eigenvalue weighted by Gasteiger charge is -2.35. The Morgan fingerprint density at radius 3 is 2.22 bits per heavy atom. The second-order valence-electron chi connectivity index (χ2n) is 8.06. The Morgan fingerprint density at radius 2 is 1.56 bits per heavy atom. The standard InChI is InChI=1S/C25H26N2O4S/c1-17-8-12-20(13-9-17)19(3)26-25(28)24-16-27(22-6-4-5-7-23(22)31-24)32(29,30)21-14-10-18(2)11-15-21/h4-15,19,24H,16H2,1-3H3,(H,26,28)/t19-,24-/m1/s1. The van der Waals surface area contributed by atoms with Gasteiger partial charge in [-0.25, -0.2) is 8.42 Å². The number of benzene rings is 3. The molecule has 0 unspecified atom stereocenters. The van der Waals surface area contributed by atoms with Crippen molar-refractivity contribution >= 4 is 21.6 Å². The Kier molecular flexibility index (Phi) is 5.93. The Hall–Kier alpha value is -3.32. The fraction of sp³-hybridized carbons (Fsp3) is 0.240. The van der Waals surface area contributed by atoms with Crippen LogP contribution in [0.1, 0.15) is 29.7 Å². The Bertz CT molecular complexity index is 1220. The van der Waals surface area contributed by atoms with Crippen LogP contribution >= 0.6 is 0 Å². The fourth-order valence-electron chi connectivity index (χ4n) is 3.65. The molecule has 1 amide bonds. The maximum Gasteiger partial charge on any atom is 0.264 e. The Balaban J connectivity index is 1.61. The first-order chi connectivity index (χ1) is 15.3. The summed E-state index contributed by atoms with van der Waals surface area (Å²) in [5.41, 5.74) is 3.48. The summed E-state index contributed by atoms with van der Waals surface area (Å²) in [4.78, 5) is 13.2. The van der Waals surface area contributed by atoms with Gasteiger partial charge in [0.15, 0.2) is 6.10 Å². The predicted octanol–water partition coefficient (Wildman–Crippen LogP) is 4.14. The molecule has 1 N–H and O–H groups in total. The molecule has 2 atom stereocenters. The number of para-hydroxylation sites is 2. The van der Waals surface area contributed by atoms with Crippen LogP contribution in [-0.4, -0.2) is 27.0 Å². The molecule has 0 spiro atoms. The van der Waals surface area contributed by atoms with E-state index in [9.17, 15) is 13.2 Å². The van der Waals surface area contributed by atoms with Crippen molar-refractivity contribution in [3.63, 3.8) is 0 Å². The average Bonchev–Trinajstić information content (AvgIpc) is 2.79. The first kappa shape index (κ1) is 21.9. The minimum atomic E-state index is -3.87. The lowest BCUT2D eigenvalue weighted by atomic mass is 10.1. The molecule has 0 saturated carbocycles. The van der Waals surface area contributed by atoms with Gasteiger partial charge in [-0.1, -0.05) is 59.7 Å². The molecule has 0 saturated heterocycles. The number of nitrogens with zero attached hydrogens (tertiary/aromatic N) is 1. The van der Waals surface area contributed by atoms with Crippen LogP contribution in [0, 0.1) is 13.8 Å². The van der Waals surface area contributed by atoms with E-state index in [0.29, 0.717) is 11.4 Å². The van der Waals surface area contributed by atoms with E-state index in [4.69, 9.17) is 4.74 Å². The van der Waals surface area contributed by atoms with Gasteiger partial charge in [-0.3, -0.25) is 9.10 Å². The predicted molar refractivity (Wildman–Crippen MR) is 124 cm³/mol. The molecule has 0 aliphatic carbocycles. The van der Waals surface area contributed by atoms with Crippen molar-refractivity contribution in [2.45, 2.75) is 37.8 Å². The van der Waals surface area contributed by atoms with Crippen LogP contribution < -0.4 is 14.4 Å². The first-order valence-corrected chi connectivity index (χ1v) is 11.9. The van der Waals surface area contributed by atoms with Crippen molar-refractivity contribution < 1.29 is 17.9 Å². The fourth-order valence-corrected chi connectivity index (χ4v) is 5.12. The van der Waals surface area contributed by atoms with Gasteiger partial charge in [0, 0.05) is 0 Å². The minimum Gasteiger partial charge on any atom is -0.476 e. The third-order valence-corrected chi connectivity index (χ3v) is 7.37. The molecule has 0 fully saturated rings. The summed E-state index contributed by atoms with van der Waals surface area (Å²) in [6, 6.07) is 21.2. The van der Waals surface area contributed by atoms with Crippen LogP contribution in [-0.2, 0) is 14.8 Å². The zero-order chi connectivity index (χ0) is 22.9. The molecule has 0 aromatic heterocycles. The normalized spacial score (nSPS) is 16.6. The minimum absolute atomic E-state index is 0.111. The Labute approximate surface area is 188 Å². The summed E-state index contributed by atoms with van der Waals surface area (Å²) < 4.78 is 34.1. The number of carbonyl (C=O) groups is 1. The summed E-state index contributed by atoms with van der Waals surface area (Å²) in [7, 11) is -3.87. The number of amides is 1. The molecular formula is C25H26N2O4S. The van der Waals surface area contributed by atoms with Crippen molar-refractivity contribution in [1.29, 1.82) is 0 Å². The van der Waals surface area contributed by atoms with Gasteiger partial charge in [0.25, 0.3) is 15.9 Å². The van der Waals surface area contributed by atoms with E-state index < -0.39 is 16.1 Å². The van der Waals surface area contributed by atoms with Gasteiger partial charge in [-0.05, 0) is 50.6 Å². The van der Waals surface area contributed by atoms with E-state index in [2.05, 4.69) is 5.32 Å². The van der Waals surface area contributed by atoms with Crippen LogP contribution in [0.3, 0.4) is 0 Å². The highest BCUT2D eigenvalue weighted by Crippen LogP contribution is 2.37. The number of rotatable bonds is 5. The molecule has 4 rings (SSSR count). The molecule has 1 aliphatic rings. The zero-order valence-corrected chi connectivity index (χ0v) is 19.1. The number of fused-ring (bicyclic) bond motifs is 1. The summed E-state index contributed by atoms with van der Waals surface area (Å²) in [5, 5.41) is 2.95. The van der Waals surface area contributed by atoms with E-state index in [1.54, 1.807) is 48.5 Å². The SMILES string of the molecule is Cc1ccc([C@@H](C)NC(=O)[C@H]2CN(S(=O)(=O)c3ccc(C)cc3)c3ccccc3O2)cc1. The zero-order valence-electron chi connectivity index (χ0n) is 18.3. The van der Waals surface area contributed by atoms with E-state index in [-0.39, 0.29) is 23.4 Å². The van der Waals surface area contributed by atoms with Crippen LogP contribution in [0.4, 0.5) is 5.69 Å². The molecule has 166 valence electrons. The summed E-state index contributed by atoms with van der Waals surface area (Å²) in [6.45, 7) is 5.68. The molecule has 7 heteroatoms. The summed E-state index contributed by atoms with van der Waals surface area (Å²) >= 11 is 0. The van der Waals surface area contributed by atoms with Gasteiger partial charge in [0.2, 0.25) is 0 Å². The van der Waals surface area contributed by atoms with Crippen molar-refractivity contribution in [3.05, 3.63) is 89.5 Å². The van der Waals surface area contributed by atoms with Crippen LogP contribution in [0.25, 0.3) is 0 Å². The average molecular weight is 451 g/mol. The van der Waals surface area contributed by atoms with Crippen molar-refractivity contribution in [3.8, 4) is 5.75 Å². The molecule has 32 heavy (non-hydrogen) atoms. The second kappa shape index (κ2) is 8.67. The number of hydrogen-bond acceptors (Lipinski definition) is 4. The highest BCUT2D eigenvalue weighted by atomic mass is 32.2. The molecule has 1 aliphatic heterocycles. The maximum absolute atomic E-state index is 13.4. The van der Waals surface area contributed by atoms with E-state index in [1.807, 2.05) is 45.0 Å². The van der Waals surface area contributed by atoms with Gasteiger partial charge >= 0.3 is 0 Å². The molecular weight excluding hydrogens is 424 g/mol. The van der Waals surface area contributed by atoms with Crippen molar-refractivity contribution in [2.24, 2.45) is 0 Å². The third-order valence-electron chi connectivity index (χ3n) is 5.57. The molecule has 6 nitrogen and oxygen atoms in total. The van der Waals surface area contributed by atoms with Crippen molar-refractivity contribution in [2.75, 3.05) is 10.8 Å². The maximum atomic E-state index is 13.4. The topological polar surface area (TPSA) is 75.7 Å². The van der Waals surface area contributed by atoms with Gasteiger partial charge in [0.1, 0.15) is 5.75 Å². The number of carbonyl (C=O) groups excluding carboxylic acids is 1. The molecule has 0 bridgehead atoms. The summed E-state index contributed by atoms with van der Waals surface area (Å²) in [6.07, 6.45) is -0.974. The van der Waals surface area contributed by atoms with Gasteiger partial charge in [0.05, 0.1) is 23.2 Å². The van der Waals surface area contributed by atoms with Crippen LogP contribution in [0.5, 0.6) is 5.75 Å². The molecule has 0 radical (unpaired) electrons. The summed E-state index contributed by atoms with van der Waals surface area (Å²) in [5.74, 6) is -0.00531. The quantitative estimate of drug-likeness (QED) is 0.634. The number of sulfonamides is 1. The van der Waals surface area contributed by atoms with E-state index in [1.165, 1.54) is 4.31 Å². The number of nitrogens with one attached hydrogen (secondary N) is 1. The number of aryl methyl sites for hydroxylation is 2. The van der Waals surface area contributed by atoms with Crippen LogP contribution in [0.2, 0.25) is 0 Å². The van der Waals surface area contributed by atoms with Gasteiger partial charge in [-0.15, -0.1) is 0 Å². The Morgan fingerprint density at radius 1 is 0.969 bits per heavy atom. The first-order valence-electron chi connectivity index (χ1n) is 10.5.